The Labute approximate surface area is 112 Å². The number of anilines is 1. The van der Waals surface area contributed by atoms with E-state index in [1.165, 1.54) is 0 Å². The number of fused-ring (bicyclic) bond motifs is 1. The van der Waals surface area contributed by atoms with Crippen molar-refractivity contribution in [3.8, 4) is 5.75 Å². The van der Waals surface area contributed by atoms with Crippen LogP contribution < -0.4 is 15.4 Å². The summed E-state index contributed by atoms with van der Waals surface area (Å²) in [7, 11) is 3.59. The minimum atomic E-state index is 0.512. The quantitative estimate of drug-likeness (QED) is 0.886. The van der Waals surface area contributed by atoms with Crippen LogP contribution in [0.25, 0.3) is 10.9 Å². The first-order valence-electron chi connectivity index (χ1n) is 6.77. The fourth-order valence-corrected chi connectivity index (χ4v) is 2.69. The van der Waals surface area contributed by atoms with Gasteiger partial charge in [0.05, 0.1) is 24.4 Å². The van der Waals surface area contributed by atoms with Crippen LogP contribution in [0.2, 0.25) is 0 Å². The molecule has 1 saturated heterocycles. The van der Waals surface area contributed by atoms with Crippen molar-refractivity contribution in [2.24, 2.45) is 0 Å². The van der Waals surface area contributed by atoms with Crippen LogP contribution in [0.5, 0.6) is 5.75 Å². The Morgan fingerprint density at radius 1 is 1.37 bits per heavy atom. The summed E-state index contributed by atoms with van der Waals surface area (Å²) in [6.07, 6.45) is 4.43. The maximum absolute atomic E-state index is 5.38. The van der Waals surface area contributed by atoms with Gasteiger partial charge in [-0.05, 0) is 32.0 Å². The van der Waals surface area contributed by atoms with Gasteiger partial charge in [-0.3, -0.25) is 4.68 Å². The van der Waals surface area contributed by atoms with E-state index in [1.54, 1.807) is 7.11 Å². The van der Waals surface area contributed by atoms with Gasteiger partial charge in [0.1, 0.15) is 5.75 Å². The molecule has 0 saturated carbocycles. The monoisotopic (exact) mass is 260 g/mol. The molecule has 0 radical (unpaired) electrons. The number of nitrogens with one attached hydrogen (secondary N) is 2. The first kappa shape index (κ1) is 12.3. The maximum atomic E-state index is 5.38. The number of hydrogen-bond donors (Lipinski definition) is 2. The minimum absolute atomic E-state index is 0.512. The Morgan fingerprint density at radius 2 is 2.16 bits per heavy atom. The molecule has 1 aliphatic rings. The fraction of sp³-hybridized carbons (Fsp3) is 0.500. The molecule has 102 valence electrons. The van der Waals surface area contributed by atoms with Gasteiger partial charge in [-0.2, -0.15) is 5.10 Å². The van der Waals surface area contributed by atoms with Crippen molar-refractivity contribution in [1.82, 2.24) is 15.1 Å². The molecule has 1 aromatic heterocycles. The predicted octanol–water partition coefficient (Wildman–Crippen LogP) is 2.01. The third kappa shape index (κ3) is 2.26. The minimum Gasteiger partial charge on any atom is -0.495 e. The second-order valence-electron chi connectivity index (χ2n) is 4.95. The van der Waals surface area contributed by atoms with Crippen LogP contribution in [0.15, 0.2) is 18.3 Å². The van der Waals surface area contributed by atoms with Crippen molar-refractivity contribution in [3.05, 3.63) is 18.3 Å². The van der Waals surface area contributed by atoms with Gasteiger partial charge in [-0.15, -0.1) is 0 Å². The summed E-state index contributed by atoms with van der Waals surface area (Å²) in [6, 6.07) is 4.61. The zero-order valence-electron chi connectivity index (χ0n) is 11.4. The van der Waals surface area contributed by atoms with Crippen molar-refractivity contribution >= 4 is 16.6 Å². The molecular weight excluding hydrogens is 240 g/mol. The molecule has 0 unspecified atom stereocenters. The highest BCUT2D eigenvalue weighted by molar-refractivity contribution is 5.85. The molecule has 0 aliphatic carbocycles. The Balaban J connectivity index is 1.99. The Hall–Kier alpha value is -1.75. The van der Waals surface area contributed by atoms with Gasteiger partial charge in [0, 0.05) is 24.7 Å². The zero-order valence-corrected chi connectivity index (χ0v) is 11.4. The molecule has 0 amide bonds. The van der Waals surface area contributed by atoms with Gasteiger partial charge in [0.2, 0.25) is 0 Å². The molecule has 1 fully saturated rings. The van der Waals surface area contributed by atoms with Crippen molar-refractivity contribution < 1.29 is 4.74 Å². The SMILES string of the molecule is CNc1cc2cn(C3CCNCC3)nc2cc1OC. The van der Waals surface area contributed by atoms with E-state index in [1.807, 2.05) is 13.1 Å². The van der Waals surface area contributed by atoms with E-state index in [9.17, 15) is 0 Å². The molecule has 2 heterocycles. The number of hydrogen-bond acceptors (Lipinski definition) is 4. The molecular formula is C14H20N4O. The molecule has 1 aromatic carbocycles. The van der Waals surface area contributed by atoms with Crippen molar-refractivity contribution in [2.45, 2.75) is 18.9 Å². The number of ether oxygens (including phenoxy) is 1. The molecule has 0 spiro atoms. The number of piperidine rings is 1. The average Bonchev–Trinajstić information content (AvgIpc) is 2.89. The smallest absolute Gasteiger partial charge is 0.144 e. The molecule has 5 heteroatoms. The first-order valence-corrected chi connectivity index (χ1v) is 6.77. The first-order chi connectivity index (χ1) is 9.31. The Kier molecular flexibility index (Phi) is 3.29. The number of aromatic nitrogens is 2. The van der Waals surface area contributed by atoms with Crippen LogP contribution in [0.1, 0.15) is 18.9 Å². The normalized spacial score (nSPS) is 16.7. The van der Waals surface area contributed by atoms with E-state index < -0.39 is 0 Å². The molecule has 19 heavy (non-hydrogen) atoms. The van der Waals surface area contributed by atoms with Gasteiger partial charge in [-0.25, -0.2) is 0 Å². The lowest BCUT2D eigenvalue weighted by atomic mass is 10.1. The van der Waals surface area contributed by atoms with E-state index in [0.717, 1.165) is 48.3 Å². The van der Waals surface area contributed by atoms with Crippen molar-refractivity contribution in [2.75, 3.05) is 32.6 Å². The summed E-state index contributed by atoms with van der Waals surface area (Å²) in [5, 5.41) is 12.4. The molecule has 2 N–H and O–H groups in total. The van der Waals surface area contributed by atoms with Crippen LogP contribution in [-0.2, 0) is 0 Å². The molecule has 1 aliphatic heterocycles. The molecule has 2 aromatic rings. The van der Waals surface area contributed by atoms with E-state index in [0.29, 0.717) is 6.04 Å². The van der Waals surface area contributed by atoms with E-state index >= 15 is 0 Å². The van der Waals surface area contributed by atoms with Crippen molar-refractivity contribution in [3.63, 3.8) is 0 Å². The van der Waals surface area contributed by atoms with Gasteiger partial charge < -0.3 is 15.4 Å². The standard InChI is InChI=1S/C14H20N4O/c1-15-13-7-10-9-18(11-3-5-16-6-4-11)17-12(10)8-14(13)19-2/h7-9,11,15-16H,3-6H2,1-2H3. The number of benzene rings is 1. The zero-order chi connectivity index (χ0) is 13.2. The summed E-state index contributed by atoms with van der Waals surface area (Å²) in [5.74, 6) is 0.838. The van der Waals surface area contributed by atoms with Gasteiger partial charge >= 0.3 is 0 Å². The van der Waals surface area contributed by atoms with Gasteiger partial charge in [-0.1, -0.05) is 0 Å². The topological polar surface area (TPSA) is 51.1 Å². The number of nitrogens with zero attached hydrogens (tertiary/aromatic N) is 2. The van der Waals surface area contributed by atoms with Crippen LogP contribution in [0.3, 0.4) is 0 Å². The van der Waals surface area contributed by atoms with Gasteiger partial charge in [0.25, 0.3) is 0 Å². The highest BCUT2D eigenvalue weighted by Gasteiger charge is 2.17. The van der Waals surface area contributed by atoms with E-state index in [-0.39, 0.29) is 0 Å². The van der Waals surface area contributed by atoms with Crippen molar-refractivity contribution in [1.29, 1.82) is 0 Å². The van der Waals surface area contributed by atoms with E-state index in [2.05, 4.69) is 27.6 Å². The molecule has 0 atom stereocenters. The molecule has 0 bridgehead atoms. The lowest BCUT2D eigenvalue weighted by Gasteiger charge is -2.22. The lowest BCUT2D eigenvalue weighted by molar-refractivity contribution is 0.345. The Bertz CT molecular complexity index is 531. The van der Waals surface area contributed by atoms with Gasteiger partial charge in [0.15, 0.2) is 0 Å². The average molecular weight is 260 g/mol. The third-order valence-corrected chi connectivity index (χ3v) is 3.80. The lowest BCUT2D eigenvalue weighted by Crippen LogP contribution is -2.29. The summed E-state index contributed by atoms with van der Waals surface area (Å²) in [4.78, 5) is 0. The second kappa shape index (κ2) is 5.09. The largest absolute Gasteiger partial charge is 0.495 e. The van der Waals surface area contributed by atoms with Crippen LogP contribution in [0, 0.1) is 0 Å². The molecule has 3 rings (SSSR count). The van der Waals surface area contributed by atoms with E-state index in [4.69, 9.17) is 9.84 Å². The Morgan fingerprint density at radius 3 is 2.84 bits per heavy atom. The molecule has 5 nitrogen and oxygen atoms in total. The summed E-state index contributed by atoms with van der Waals surface area (Å²) < 4.78 is 7.49. The summed E-state index contributed by atoms with van der Waals surface area (Å²) >= 11 is 0. The van der Waals surface area contributed by atoms with Crippen LogP contribution in [0.4, 0.5) is 5.69 Å². The van der Waals surface area contributed by atoms with Crippen LogP contribution >= 0.6 is 0 Å². The number of rotatable bonds is 3. The second-order valence-corrected chi connectivity index (χ2v) is 4.95. The highest BCUT2D eigenvalue weighted by Crippen LogP contribution is 2.30. The summed E-state index contributed by atoms with van der Waals surface area (Å²) in [6.45, 7) is 2.15. The maximum Gasteiger partial charge on any atom is 0.144 e. The predicted molar refractivity (Wildman–Crippen MR) is 77.0 cm³/mol. The summed E-state index contributed by atoms with van der Waals surface area (Å²) in [5.41, 5.74) is 1.99. The highest BCUT2D eigenvalue weighted by atomic mass is 16.5. The van der Waals surface area contributed by atoms with Crippen LogP contribution in [-0.4, -0.2) is 37.0 Å². The number of methoxy groups -OCH3 is 1. The third-order valence-electron chi connectivity index (χ3n) is 3.80. The fourth-order valence-electron chi connectivity index (χ4n) is 2.69.